The number of benzene rings is 2. The fraction of sp³-hybridized carbons (Fsp3) is 0.292. The van der Waals surface area contributed by atoms with Gasteiger partial charge in [-0.3, -0.25) is 0 Å². The second kappa shape index (κ2) is 8.11. The van der Waals surface area contributed by atoms with Crippen LogP contribution in [0.25, 0.3) is 22.3 Å². The molecule has 0 saturated carbocycles. The molecule has 0 aliphatic carbocycles. The van der Waals surface area contributed by atoms with Crippen LogP contribution in [0.1, 0.15) is 31.9 Å². The average Bonchev–Trinajstić information content (AvgIpc) is 2.63. The van der Waals surface area contributed by atoms with E-state index < -0.39 is 5.82 Å². The Hall–Kier alpha value is -2.46. The van der Waals surface area contributed by atoms with Crippen LogP contribution in [0.3, 0.4) is 0 Å². The van der Waals surface area contributed by atoms with E-state index in [1.165, 1.54) is 13.3 Å². The summed E-state index contributed by atoms with van der Waals surface area (Å²) < 4.78 is 34.9. The van der Waals surface area contributed by atoms with Gasteiger partial charge in [-0.2, -0.15) is 0 Å². The Morgan fingerprint density at radius 2 is 1.69 bits per heavy atom. The molecular weight excluding hydrogens is 392 g/mol. The standard InChI is InChI=1S/C24H24ClF2NO/c1-14-10-19(16-7-6-15(11-20(16)26)13-24(2,3)4)21(29-5)12-18(14)17-8-9-28-23(25)22(17)27/h6-12H,13H2,1-5H3. The van der Waals surface area contributed by atoms with Gasteiger partial charge in [0.1, 0.15) is 11.6 Å². The van der Waals surface area contributed by atoms with Gasteiger partial charge >= 0.3 is 0 Å². The lowest BCUT2D eigenvalue weighted by atomic mass is 9.87. The topological polar surface area (TPSA) is 22.1 Å². The monoisotopic (exact) mass is 415 g/mol. The minimum atomic E-state index is -0.593. The number of nitrogens with zero attached hydrogens (tertiary/aromatic N) is 1. The van der Waals surface area contributed by atoms with E-state index in [2.05, 4.69) is 25.8 Å². The van der Waals surface area contributed by atoms with Gasteiger partial charge in [-0.1, -0.05) is 44.5 Å². The number of halogens is 3. The van der Waals surface area contributed by atoms with Crippen molar-refractivity contribution in [2.24, 2.45) is 5.41 Å². The smallest absolute Gasteiger partial charge is 0.168 e. The Kier molecular flexibility index (Phi) is 5.95. The highest BCUT2D eigenvalue weighted by molar-refractivity contribution is 6.29. The van der Waals surface area contributed by atoms with Crippen LogP contribution < -0.4 is 4.74 Å². The minimum Gasteiger partial charge on any atom is -0.496 e. The van der Waals surface area contributed by atoms with Crippen molar-refractivity contribution in [2.45, 2.75) is 34.1 Å². The van der Waals surface area contributed by atoms with Crippen molar-refractivity contribution in [3.63, 3.8) is 0 Å². The van der Waals surface area contributed by atoms with Crippen molar-refractivity contribution in [2.75, 3.05) is 7.11 Å². The molecular formula is C24H24ClF2NO. The zero-order chi connectivity index (χ0) is 21.3. The largest absolute Gasteiger partial charge is 0.496 e. The zero-order valence-electron chi connectivity index (χ0n) is 17.2. The van der Waals surface area contributed by atoms with E-state index in [-0.39, 0.29) is 16.4 Å². The number of hydrogen-bond acceptors (Lipinski definition) is 2. The van der Waals surface area contributed by atoms with Crippen LogP contribution in [0.2, 0.25) is 5.15 Å². The molecule has 0 aliphatic rings. The molecule has 0 saturated heterocycles. The lowest BCUT2D eigenvalue weighted by molar-refractivity contribution is 0.410. The Morgan fingerprint density at radius 1 is 0.966 bits per heavy atom. The molecule has 0 unspecified atom stereocenters. The number of ether oxygens (including phenoxy) is 1. The first-order valence-corrected chi connectivity index (χ1v) is 9.76. The quantitative estimate of drug-likeness (QED) is 0.418. The summed E-state index contributed by atoms with van der Waals surface area (Å²) in [5, 5.41) is -0.189. The van der Waals surface area contributed by atoms with E-state index in [4.69, 9.17) is 16.3 Å². The molecule has 5 heteroatoms. The second-order valence-electron chi connectivity index (χ2n) is 8.38. The van der Waals surface area contributed by atoms with Gasteiger partial charge in [0.2, 0.25) is 0 Å². The van der Waals surface area contributed by atoms with Crippen LogP contribution in [0.4, 0.5) is 8.78 Å². The fourth-order valence-electron chi connectivity index (χ4n) is 3.48. The van der Waals surface area contributed by atoms with E-state index in [9.17, 15) is 8.78 Å². The van der Waals surface area contributed by atoms with Crippen LogP contribution in [0.5, 0.6) is 5.75 Å². The summed E-state index contributed by atoms with van der Waals surface area (Å²) in [6.45, 7) is 8.20. The second-order valence-corrected chi connectivity index (χ2v) is 8.74. The molecule has 0 amide bonds. The molecule has 1 heterocycles. The van der Waals surface area contributed by atoms with Gasteiger partial charge in [-0.15, -0.1) is 0 Å². The van der Waals surface area contributed by atoms with E-state index >= 15 is 0 Å². The lowest BCUT2D eigenvalue weighted by Gasteiger charge is -2.19. The van der Waals surface area contributed by atoms with E-state index in [1.54, 1.807) is 24.3 Å². The van der Waals surface area contributed by atoms with Gasteiger partial charge in [0, 0.05) is 22.9 Å². The number of aryl methyl sites for hydroxylation is 1. The number of rotatable bonds is 4. The molecule has 0 spiro atoms. The van der Waals surface area contributed by atoms with E-state index in [0.717, 1.165) is 17.5 Å². The van der Waals surface area contributed by atoms with Crippen LogP contribution >= 0.6 is 11.6 Å². The molecule has 0 N–H and O–H groups in total. The number of hydrogen-bond donors (Lipinski definition) is 0. The minimum absolute atomic E-state index is 0.0692. The highest BCUT2D eigenvalue weighted by Crippen LogP contribution is 2.39. The summed E-state index contributed by atoms with van der Waals surface area (Å²) in [6, 6.07) is 10.4. The third-order valence-corrected chi connectivity index (χ3v) is 5.00. The molecule has 152 valence electrons. The molecule has 3 rings (SSSR count). The molecule has 3 aromatic rings. The lowest BCUT2D eigenvalue weighted by Crippen LogP contribution is -2.09. The summed E-state index contributed by atoms with van der Waals surface area (Å²) in [4.78, 5) is 3.76. The first kappa shape index (κ1) is 21.3. The first-order chi connectivity index (χ1) is 13.6. The number of methoxy groups -OCH3 is 1. The SMILES string of the molecule is COc1cc(-c2ccnc(Cl)c2F)c(C)cc1-c1ccc(CC(C)(C)C)cc1F. The first-order valence-electron chi connectivity index (χ1n) is 9.38. The predicted molar refractivity (Wildman–Crippen MR) is 114 cm³/mol. The van der Waals surface area contributed by atoms with Gasteiger partial charge in [0.05, 0.1) is 7.11 Å². The Balaban J connectivity index is 2.10. The normalized spacial score (nSPS) is 11.6. The zero-order valence-corrected chi connectivity index (χ0v) is 18.0. The van der Waals surface area contributed by atoms with Crippen molar-refractivity contribution in [3.05, 3.63) is 70.5 Å². The Bertz CT molecular complexity index is 1060. The molecule has 2 nitrogen and oxygen atoms in total. The maximum atomic E-state index is 15.0. The van der Waals surface area contributed by atoms with Crippen molar-refractivity contribution >= 4 is 11.6 Å². The van der Waals surface area contributed by atoms with Crippen molar-refractivity contribution in [3.8, 4) is 28.0 Å². The molecule has 29 heavy (non-hydrogen) atoms. The molecule has 0 atom stereocenters. The van der Waals surface area contributed by atoms with Crippen LogP contribution in [-0.4, -0.2) is 12.1 Å². The maximum Gasteiger partial charge on any atom is 0.168 e. The van der Waals surface area contributed by atoms with E-state index in [0.29, 0.717) is 28.0 Å². The highest BCUT2D eigenvalue weighted by atomic mass is 35.5. The molecule has 1 aromatic heterocycles. The summed E-state index contributed by atoms with van der Waals surface area (Å²) >= 11 is 5.83. The summed E-state index contributed by atoms with van der Waals surface area (Å²) in [6.07, 6.45) is 2.23. The van der Waals surface area contributed by atoms with Crippen molar-refractivity contribution in [1.29, 1.82) is 0 Å². The van der Waals surface area contributed by atoms with Gasteiger partial charge < -0.3 is 4.74 Å². The average molecular weight is 416 g/mol. The van der Waals surface area contributed by atoms with Crippen molar-refractivity contribution < 1.29 is 13.5 Å². The Labute approximate surface area is 175 Å². The van der Waals surface area contributed by atoms with Crippen LogP contribution in [-0.2, 0) is 6.42 Å². The Morgan fingerprint density at radius 3 is 2.31 bits per heavy atom. The molecule has 2 aromatic carbocycles. The van der Waals surface area contributed by atoms with E-state index in [1.807, 2.05) is 19.1 Å². The van der Waals surface area contributed by atoms with Gasteiger partial charge in [-0.25, -0.2) is 13.8 Å². The number of aromatic nitrogens is 1. The van der Waals surface area contributed by atoms with Gasteiger partial charge in [-0.05, 0) is 59.7 Å². The fourth-order valence-corrected chi connectivity index (χ4v) is 3.64. The number of pyridine rings is 1. The summed E-state index contributed by atoms with van der Waals surface area (Å²) in [5.41, 5.74) is 3.81. The third-order valence-electron chi connectivity index (χ3n) is 4.74. The predicted octanol–water partition coefficient (Wildman–Crippen LogP) is 7.25. The van der Waals surface area contributed by atoms with Gasteiger partial charge in [0.15, 0.2) is 11.0 Å². The summed E-state index contributed by atoms with van der Waals surface area (Å²) in [5.74, 6) is -0.444. The molecule has 0 fully saturated rings. The molecule has 0 radical (unpaired) electrons. The van der Waals surface area contributed by atoms with Crippen LogP contribution in [0.15, 0.2) is 42.6 Å². The van der Waals surface area contributed by atoms with Crippen molar-refractivity contribution in [1.82, 2.24) is 4.98 Å². The molecule has 0 aliphatic heterocycles. The third kappa shape index (κ3) is 4.59. The summed E-state index contributed by atoms with van der Waals surface area (Å²) in [7, 11) is 1.51. The van der Waals surface area contributed by atoms with Gasteiger partial charge in [0.25, 0.3) is 0 Å². The molecule has 0 bridgehead atoms. The maximum absolute atomic E-state index is 15.0. The highest BCUT2D eigenvalue weighted by Gasteiger charge is 2.19. The van der Waals surface area contributed by atoms with Crippen LogP contribution in [0, 0.1) is 24.0 Å².